The molecule has 1 saturated heterocycles. The summed E-state index contributed by atoms with van der Waals surface area (Å²) in [7, 11) is 3.32. The zero-order valence-electron chi connectivity index (χ0n) is 18.3. The van der Waals surface area contributed by atoms with Gasteiger partial charge in [-0.1, -0.05) is 0 Å². The predicted octanol–water partition coefficient (Wildman–Crippen LogP) is 0.339. The Bertz CT molecular complexity index is 1130. The van der Waals surface area contributed by atoms with Crippen LogP contribution in [0.2, 0.25) is 0 Å². The molecule has 172 valence electrons. The van der Waals surface area contributed by atoms with Gasteiger partial charge in [-0.3, -0.25) is 19.4 Å². The number of hydrogen-bond acceptors (Lipinski definition) is 7. The summed E-state index contributed by atoms with van der Waals surface area (Å²) in [6.07, 6.45) is -3.06. The smallest absolute Gasteiger partial charge is 0.259 e. The first-order chi connectivity index (χ1) is 15.8. The molecule has 3 amide bonds. The van der Waals surface area contributed by atoms with E-state index in [2.05, 4.69) is 10.3 Å². The van der Waals surface area contributed by atoms with Crippen molar-refractivity contribution in [3.8, 4) is 0 Å². The highest BCUT2D eigenvalue weighted by atomic mass is 16.5. The molecule has 1 fully saturated rings. The van der Waals surface area contributed by atoms with Crippen molar-refractivity contribution >= 4 is 34.9 Å². The van der Waals surface area contributed by atoms with Crippen LogP contribution in [0.4, 0.5) is 11.4 Å². The molecule has 10 nitrogen and oxygen atoms in total. The zero-order chi connectivity index (χ0) is 23.7. The molecule has 0 bridgehead atoms. The lowest BCUT2D eigenvalue weighted by atomic mass is 10.1. The highest BCUT2D eigenvalue weighted by Crippen LogP contribution is 2.24. The van der Waals surface area contributed by atoms with E-state index >= 15 is 0 Å². The van der Waals surface area contributed by atoms with Gasteiger partial charge in [-0.05, 0) is 48.0 Å². The quantitative estimate of drug-likeness (QED) is 0.599. The minimum atomic E-state index is -1.70. The van der Waals surface area contributed by atoms with Crippen molar-refractivity contribution in [2.24, 2.45) is 10.7 Å². The topological polar surface area (TPSA) is 138 Å². The Kier molecular flexibility index (Phi) is 6.12. The predicted molar refractivity (Wildman–Crippen MR) is 122 cm³/mol. The first-order valence-corrected chi connectivity index (χ1v) is 10.4. The highest BCUT2D eigenvalue weighted by Gasteiger charge is 2.39. The van der Waals surface area contributed by atoms with E-state index in [1.807, 2.05) is 0 Å². The average Bonchev–Trinajstić information content (AvgIpc) is 3.18. The van der Waals surface area contributed by atoms with Crippen LogP contribution < -0.4 is 16.0 Å². The van der Waals surface area contributed by atoms with Crippen LogP contribution in [0.15, 0.2) is 47.5 Å². The fourth-order valence-corrected chi connectivity index (χ4v) is 3.79. The lowest BCUT2D eigenvalue weighted by Crippen LogP contribution is -2.55. The third-order valence-corrected chi connectivity index (χ3v) is 5.58. The number of carbonyl (C=O) groups is 3. The van der Waals surface area contributed by atoms with Crippen molar-refractivity contribution in [3.63, 3.8) is 0 Å². The molecule has 2 aromatic carbocycles. The fraction of sp³-hybridized carbons (Fsp3) is 0.304. The van der Waals surface area contributed by atoms with Crippen molar-refractivity contribution in [2.75, 3.05) is 37.5 Å². The summed E-state index contributed by atoms with van der Waals surface area (Å²) in [6, 6.07) is 11.7. The van der Waals surface area contributed by atoms with Crippen molar-refractivity contribution < 1.29 is 24.2 Å². The van der Waals surface area contributed by atoms with Gasteiger partial charge in [-0.15, -0.1) is 0 Å². The number of ether oxygens (including phenoxy) is 1. The lowest BCUT2D eigenvalue weighted by molar-refractivity contribution is -0.150. The molecule has 2 heterocycles. The van der Waals surface area contributed by atoms with Crippen LogP contribution in [0.1, 0.15) is 21.5 Å². The number of morpholine rings is 1. The maximum Gasteiger partial charge on any atom is 0.259 e. The van der Waals surface area contributed by atoms with Crippen LogP contribution >= 0.6 is 0 Å². The number of nitrogens with one attached hydrogen (secondary N) is 1. The summed E-state index contributed by atoms with van der Waals surface area (Å²) in [5.41, 5.74) is 8.98. The SMILES string of the molecule is CN(C)C(=O)c1ccc(N2CCOC(C(O)C(=O)Nc3ccc4c(c3)CN=C4N)C2=O)cc1. The number of benzene rings is 2. The van der Waals surface area contributed by atoms with E-state index in [1.165, 1.54) is 9.80 Å². The molecular weight excluding hydrogens is 426 g/mol. The second-order valence-corrected chi connectivity index (χ2v) is 8.04. The largest absolute Gasteiger partial charge is 0.383 e. The number of fused-ring (bicyclic) bond motifs is 1. The van der Waals surface area contributed by atoms with Crippen LogP contribution in [0.25, 0.3) is 0 Å². The molecule has 33 heavy (non-hydrogen) atoms. The van der Waals surface area contributed by atoms with Crippen LogP contribution in [-0.4, -0.2) is 73.0 Å². The molecule has 2 aliphatic heterocycles. The normalized spacial score (nSPS) is 18.4. The van der Waals surface area contributed by atoms with Crippen molar-refractivity contribution in [1.29, 1.82) is 0 Å². The van der Waals surface area contributed by atoms with Gasteiger partial charge in [0.05, 0.1) is 13.2 Å². The molecule has 4 N–H and O–H groups in total. The lowest BCUT2D eigenvalue weighted by Gasteiger charge is -2.34. The van der Waals surface area contributed by atoms with Gasteiger partial charge in [0.15, 0.2) is 12.2 Å². The van der Waals surface area contributed by atoms with Crippen molar-refractivity contribution in [2.45, 2.75) is 18.8 Å². The monoisotopic (exact) mass is 451 g/mol. The molecule has 0 radical (unpaired) electrons. The fourth-order valence-electron chi connectivity index (χ4n) is 3.79. The van der Waals surface area contributed by atoms with Crippen molar-refractivity contribution in [1.82, 2.24) is 4.90 Å². The van der Waals surface area contributed by atoms with Gasteiger partial charge in [0.1, 0.15) is 5.84 Å². The van der Waals surface area contributed by atoms with Crippen LogP contribution in [-0.2, 0) is 20.9 Å². The van der Waals surface area contributed by atoms with Gasteiger partial charge < -0.3 is 30.7 Å². The standard InChI is InChI=1S/C23H25N5O5/c1-27(2)22(31)13-3-6-16(7-4-13)28-9-10-33-19(23(28)32)18(29)21(30)26-15-5-8-17-14(11-15)12-25-20(17)24/h3-8,11,18-19,29H,9-10,12H2,1-2H3,(H2,24,25)(H,26,30). The van der Waals surface area contributed by atoms with E-state index in [4.69, 9.17) is 10.5 Å². The maximum absolute atomic E-state index is 13.0. The van der Waals surface area contributed by atoms with Gasteiger partial charge in [0.2, 0.25) is 0 Å². The number of aliphatic hydroxyl groups is 1. The Balaban J connectivity index is 1.44. The summed E-state index contributed by atoms with van der Waals surface area (Å²) < 4.78 is 5.45. The molecule has 10 heteroatoms. The molecule has 2 atom stereocenters. The van der Waals surface area contributed by atoms with Crippen LogP contribution in [0.3, 0.4) is 0 Å². The highest BCUT2D eigenvalue weighted by molar-refractivity contribution is 6.05. The summed E-state index contributed by atoms with van der Waals surface area (Å²) in [6.45, 7) is 0.830. The van der Waals surface area contributed by atoms with Gasteiger partial charge in [-0.25, -0.2) is 0 Å². The second kappa shape index (κ2) is 9.00. The third-order valence-electron chi connectivity index (χ3n) is 5.58. The zero-order valence-corrected chi connectivity index (χ0v) is 18.3. The molecule has 2 unspecified atom stereocenters. The van der Waals surface area contributed by atoms with E-state index < -0.39 is 24.0 Å². The summed E-state index contributed by atoms with van der Waals surface area (Å²) in [5.74, 6) is -0.997. The number of aliphatic imine (C=N–C) groups is 1. The molecule has 2 aromatic rings. The van der Waals surface area contributed by atoms with Crippen LogP contribution in [0.5, 0.6) is 0 Å². The molecule has 0 aromatic heterocycles. The average molecular weight is 451 g/mol. The number of hydrogen-bond donors (Lipinski definition) is 3. The molecule has 4 rings (SSSR count). The molecular formula is C23H25N5O5. The minimum Gasteiger partial charge on any atom is -0.383 e. The number of nitrogens with zero attached hydrogens (tertiary/aromatic N) is 3. The maximum atomic E-state index is 13.0. The number of nitrogens with two attached hydrogens (primary N) is 1. The Morgan fingerprint density at radius 1 is 1.24 bits per heavy atom. The Morgan fingerprint density at radius 2 is 1.97 bits per heavy atom. The molecule has 0 spiro atoms. The third kappa shape index (κ3) is 4.43. The molecule has 0 saturated carbocycles. The van der Waals surface area contributed by atoms with E-state index in [-0.39, 0.29) is 19.1 Å². The Hall–Kier alpha value is -3.76. The van der Waals surface area contributed by atoms with Gasteiger partial charge in [-0.2, -0.15) is 0 Å². The second-order valence-electron chi connectivity index (χ2n) is 8.04. The van der Waals surface area contributed by atoms with E-state index in [9.17, 15) is 19.5 Å². The summed E-state index contributed by atoms with van der Waals surface area (Å²) in [4.78, 5) is 44.8. The van der Waals surface area contributed by atoms with Crippen molar-refractivity contribution in [3.05, 3.63) is 59.2 Å². The van der Waals surface area contributed by atoms with Gasteiger partial charge >= 0.3 is 0 Å². The van der Waals surface area contributed by atoms with Gasteiger partial charge in [0, 0.05) is 43.1 Å². The first kappa shape index (κ1) is 22.4. The number of amidine groups is 1. The summed E-state index contributed by atoms with van der Waals surface area (Å²) in [5, 5.41) is 13.2. The van der Waals surface area contributed by atoms with E-state index in [0.717, 1.165) is 11.1 Å². The number of carbonyl (C=O) groups excluding carboxylic acids is 3. The minimum absolute atomic E-state index is 0.147. The van der Waals surface area contributed by atoms with Crippen LogP contribution in [0, 0.1) is 0 Å². The van der Waals surface area contributed by atoms with Gasteiger partial charge in [0.25, 0.3) is 17.7 Å². The molecule has 2 aliphatic rings. The Morgan fingerprint density at radius 3 is 2.67 bits per heavy atom. The Labute approximate surface area is 190 Å². The number of rotatable bonds is 5. The summed E-state index contributed by atoms with van der Waals surface area (Å²) >= 11 is 0. The first-order valence-electron chi connectivity index (χ1n) is 10.4. The number of anilines is 2. The molecule has 0 aliphatic carbocycles. The number of aliphatic hydroxyl groups excluding tert-OH is 1. The van der Waals surface area contributed by atoms with E-state index in [0.29, 0.717) is 29.3 Å². The van der Waals surface area contributed by atoms with E-state index in [1.54, 1.807) is 56.6 Å². The number of amides is 3.